The lowest BCUT2D eigenvalue weighted by atomic mass is 9.80. The quantitative estimate of drug-likeness (QED) is 0.910. The molecular formula is C18H27N3O2. The minimum atomic E-state index is -0.169. The topological polar surface area (TPSA) is 58.4 Å². The molecule has 1 aromatic rings. The van der Waals surface area contributed by atoms with E-state index < -0.39 is 0 Å². The number of aromatic nitrogens is 2. The second kappa shape index (κ2) is 5.93. The Labute approximate surface area is 137 Å². The zero-order chi connectivity index (χ0) is 16.0. The van der Waals surface area contributed by atoms with E-state index in [0.717, 1.165) is 43.7 Å². The van der Waals surface area contributed by atoms with Crippen molar-refractivity contribution in [1.29, 1.82) is 0 Å². The number of fused-ring (bicyclic) bond motifs is 1. The average molecular weight is 317 g/mol. The SMILES string of the molecule is Cn1nc(C2CCCC2)cc1C(=O)N1CC2CCC(O)CC2C1. The van der Waals surface area contributed by atoms with E-state index in [2.05, 4.69) is 5.10 Å². The monoisotopic (exact) mass is 317 g/mol. The summed E-state index contributed by atoms with van der Waals surface area (Å²) in [6, 6.07) is 2.02. The Morgan fingerprint density at radius 2 is 1.91 bits per heavy atom. The van der Waals surface area contributed by atoms with Gasteiger partial charge < -0.3 is 10.0 Å². The molecule has 1 aliphatic heterocycles. The summed E-state index contributed by atoms with van der Waals surface area (Å²) in [6.45, 7) is 1.64. The van der Waals surface area contributed by atoms with E-state index >= 15 is 0 Å². The van der Waals surface area contributed by atoms with Crippen LogP contribution in [0.15, 0.2) is 6.07 Å². The van der Waals surface area contributed by atoms with E-state index in [0.29, 0.717) is 17.8 Å². The molecule has 0 spiro atoms. The maximum Gasteiger partial charge on any atom is 0.272 e. The average Bonchev–Trinajstić information content (AvgIpc) is 3.24. The van der Waals surface area contributed by atoms with Crippen molar-refractivity contribution in [3.8, 4) is 0 Å². The van der Waals surface area contributed by atoms with Crippen molar-refractivity contribution in [2.75, 3.05) is 13.1 Å². The number of carbonyl (C=O) groups excluding carboxylic acids is 1. The number of aryl methyl sites for hydroxylation is 1. The summed E-state index contributed by atoms with van der Waals surface area (Å²) in [5, 5.41) is 14.5. The van der Waals surface area contributed by atoms with Crippen LogP contribution in [-0.4, -0.2) is 44.9 Å². The van der Waals surface area contributed by atoms with Gasteiger partial charge in [-0.25, -0.2) is 0 Å². The molecule has 0 radical (unpaired) electrons. The number of likely N-dealkylation sites (tertiary alicyclic amines) is 1. The van der Waals surface area contributed by atoms with Crippen molar-refractivity contribution in [3.05, 3.63) is 17.5 Å². The smallest absolute Gasteiger partial charge is 0.272 e. The summed E-state index contributed by atoms with van der Waals surface area (Å²) in [4.78, 5) is 14.9. The first-order chi connectivity index (χ1) is 11.1. The van der Waals surface area contributed by atoms with E-state index in [4.69, 9.17) is 0 Å². The van der Waals surface area contributed by atoms with Crippen LogP contribution in [-0.2, 0) is 7.05 Å². The second-order valence-corrected chi connectivity index (χ2v) is 7.76. The number of hydrogen-bond acceptors (Lipinski definition) is 3. The lowest BCUT2D eigenvalue weighted by Crippen LogP contribution is -2.30. The molecule has 2 aliphatic carbocycles. The maximum atomic E-state index is 12.9. The number of amides is 1. The molecule has 126 valence electrons. The predicted octanol–water partition coefficient (Wildman–Crippen LogP) is 2.31. The third-order valence-electron chi connectivity index (χ3n) is 6.20. The van der Waals surface area contributed by atoms with Gasteiger partial charge in [0.25, 0.3) is 5.91 Å². The van der Waals surface area contributed by atoms with Crippen LogP contribution in [0.4, 0.5) is 0 Å². The molecule has 4 rings (SSSR count). The highest BCUT2D eigenvalue weighted by Gasteiger charge is 2.39. The van der Waals surface area contributed by atoms with E-state index in [-0.39, 0.29) is 12.0 Å². The molecule has 23 heavy (non-hydrogen) atoms. The maximum absolute atomic E-state index is 12.9. The molecule has 5 nitrogen and oxygen atoms in total. The zero-order valence-corrected chi connectivity index (χ0v) is 13.9. The van der Waals surface area contributed by atoms with Crippen LogP contribution in [0.3, 0.4) is 0 Å². The fraction of sp³-hybridized carbons (Fsp3) is 0.778. The first-order valence-electron chi connectivity index (χ1n) is 9.13. The van der Waals surface area contributed by atoms with Crippen molar-refractivity contribution in [2.45, 2.75) is 57.0 Å². The Morgan fingerprint density at radius 3 is 2.70 bits per heavy atom. The first kappa shape index (κ1) is 15.2. The molecule has 1 aromatic heterocycles. The fourth-order valence-corrected chi connectivity index (χ4v) is 4.85. The van der Waals surface area contributed by atoms with E-state index in [9.17, 15) is 9.90 Å². The van der Waals surface area contributed by atoms with E-state index in [1.54, 1.807) is 4.68 Å². The lowest BCUT2D eigenvalue weighted by molar-refractivity contribution is 0.0766. The molecule has 0 aromatic carbocycles. The summed E-state index contributed by atoms with van der Waals surface area (Å²) in [5.74, 6) is 1.71. The number of carbonyl (C=O) groups is 1. The Hall–Kier alpha value is -1.36. The van der Waals surface area contributed by atoms with Crippen molar-refractivity contribution in [3.63, 3.8) is 0 Å². The van der Waals surface area contributed by atoms with E-state index in [1.165, 1.54) is 25.7 Å². The van der Waals surface area contributed by atoms with Crippen molar-refractivity contribution >= 4 is 5.91 Å². The van der Waals surface area contributed by atoms with Gasteiger partial charge in [0.1, 0.15) is 5.69 Å². The van der Waals surface area contributed by atoms with Crippen LogP contribution in [0.2, 0.25) is 0 Å². The standard InChI is InChI=1S/C18H27N3O2/c1-20-17(9-16(19-20)12-4-2-3-5-12)18(23)21-10-13-6-7-15(22)8-14(13)11-21/h9,12-15,22H,2-8,10-11H2,1H3. The highest BCUT2D eigenvalue weighted by Crippen LogP contribution is 2.37. The van der Waals surface area contributed by atoms with Gasteiger partial charge in [0.2, 0.25) is 0 Å². The van der Waals surface area contributed by atoms with Gasteiger partial charge in [-0.3, -0.25) is 9.48 Å². The molecule has 1 amide bonds. The summed E-state index contributed by atoms with van der Waals surface area (Å²) in [5.41, 5.74) is 1.83. The summed E-state index contributed by atoms with van der Waals surface area (Å²) >= 11 is 0. The molecule has 0 bridgehead atoms. The Balaban J connectivity index is 1.49. The number of rotatable bonds is 2. The summed E-state index contributed by atoms with van der Waals surface area (Å²) in [7, 11) is 1.89. The highest BCUT2D eigenvalue weighted by atomic mass is 16.3. The van der Waals surface area contributed by atoms with Crippen molar-refractivity contribution in [1.82, 2.24) is 14.7 Å². The molecule has 1 saturated heterocycles. The van der Waals surface area contributed by atoms with Gasteiger partial charge in [0, 0.05) is 26.1 Å². The number of hydrogen-bond donors (Lipinski definition) is 1. The molecule has 3 fully saturated rings. The van der Waals surface area contributed by atoms with Crippen LogP contribution in [0.5, 0.6) is 0 Å². The Morgan fingerprint density at radius 1 is 1.17 bits per heavy atom. The lowest BCUT2D eigenvalue weighted by Gasteiger charge is -2.27. The molecular weight excluding hydrogens is 290 g/mol. The van der Waals surface area contributed by atoms with Gasteiger partial charge in [0.15, 0.2) is 0 Å². The van der Waals surface area contributed by atoms with Gasteiger partial charge in [-0.15, -0.1) is 0 Å². The van der Waals surface area contributed by atoms with Gasteiger partial charge in [-0.2, -0.15) is 5.10 Å². The Kier molecular flexibility index (Phi) is 3.92. The molecule has 1 N–H and O–H groups in total. The van der Waals surface area contributed by atoms with Gasteiger partial charge >= 0.3 is 0 Å². The van der Waals surface area contributed by atoms with Gasteiger partial charge in [0.05, 0.1) is 11.8 Å². The highest BCUT2D eigenvalue weighted by molar-refractivity contribution is 5.93. The van der Waals surface area contributed by atoms with Crippen molar-refractivity contribution in [2.24, 2.45) is 18.9 Å². The van der Waals surface area contributed by atoms with Crippen LogP contribution >= 0.6 is 0 Å². The Bertz CT molecular complexity index is 591. The van der Waals surface area contributed by atoms with Crippen LogP contribution in [0, 0.1) is 11.8 Å². The fourth-order valence-electron chi connectivity index (χ4n) is 4.85. The number of nitrogens with zero attached hydrogens (tertiary/aromatic N) is 3. The molecule has 2 saturated carbocycles. The molecule has 5 heteroatoms. The van der Waals surface area contributed by atoms with Crippen molar-refractivity contribution < 1.29 is 9.90 Å². The predicted molar refractivity (Wildman–Crippen MR) is 87.2 cm³/mol. The molecule has 2 heterocycles. The second-order valence-electron chi connectivity index (χ2n) is 7.76. The van der Waals surface area contributed by atoms with Crippen LogP contribution < -0.4 is 0 Å². The minimum absolute atomic E-state index is 0.119. The molecule has 3 unspecified atom stereocenters. The van der Waals surface area contributed by atoms with Crippen LogP contribution in [0.25, 0.3) is 0 Å². The van der Waals surface area contributed by atoms with Gasteiger partial charge in [-0.1, -0.05) is 12.8 Å². The normalized spacial score (nSPS) is 31.6. The van der Waals surface area contributed by atoms with E-state index in [1.807, 2.05) is 18.0 Å². The molecule has 3 atom stereocenters. The zero-order valence-electron chi connectivity index (χ0n) is 13.9. The minimum Gasteiger partial charge on any atom is -0.393 e. The third-order valence-corrected chi connectivity index (χ3v) is 6.20. The number of aliphatic hydroxyl groups is 1. The van der Waals surface area contributed by atoms with Gasteiger partial charge in [-0.05, 0) is 50.0 Å². The first-order valence-corrected chi connectivity index (χ1v) is 9.13. The number of aliphatic hydroxyl groups excluding tert-OH is 1. The largest absolute Gasteiger partial charge is 0.393 e. The van der Waals surface area contributed by atoms with Crippen LogP contribution in [0.1, 0.15) is 67.0 Å². The summed E-state index contributed by atoms with van der Waals surface area (Å²) in [6.07, 6.45) is 7.59. The summed E-state index contributed by atoms with van der Waals surface area (Å²) < 4.78 is 1.77. The third kappa shape index (κ3) is 2.80. The molecule has 3 aliphatic rings.